The lowest BCUT2D eigenvalue weighted by atomic mass is 10.0. The molecule has 1 aromatic rings. The van der Waals surface area contributed by atoms with Crippen LogP contribution < -0.4 is 0 Å². The molecule has 0 aliphatic heterocycles. The first kappa shape index (κ1) is 12.0. The first-order valence-corrected chi connectivity index (χ1v) is 5.09. The van der Waals surface area contributed by atoms with E-state index in [0.29, 0.717) is 18.4 Å². The Morgan fingerprint density at radius 3 is 2.87 bits per heavy atom. The Labute approximate surface area is 93.9 Å². The van der Waals surface area contributed by atoms with Crippen molar-refractivity contribution in [3.63, 3.8) is 0 Å². The number of terminal acetylenes is 1. The number of rotatable bonds is 4. The minimum atomic E-state index is -0.628. The molecule has 0 amide bonds. The van der Waals surface area contributed by atoms with E-state index in [9.17, 15) is 9.50 Å². The summed E-state index contributed by atoms with van der Waals surface area (Å²) < 4.78 is 12.8. The van der Waals surface area contributed by atoms with Crippen molar-refractivity contribution in [3.05, 3.63) is 34.6 Å². The van der Waals surface area contributed by atoms with Crippen LogP contribution in [0.25, 0.3) is 0 Å². The van der Waals surface area contributed by atoms with E-state index >= 15 is 0 Å². The Balaban J connectivity index is 2.62. The van der Waals surface area contributed by atoms with Gasteiger partial charge in [0.05, 0.1) is 11.1 Å². The van der Waals surface area contributed by atoms with Crippen LogP contribution in [0.3, 0.4) is 0 Å². The fraction of sp³-hybridized carbons (Fsp3) is 0.333. The third-order valence-corrected chi connectivity index (χ3v) is 2.42. The van der Waals surface area contributed by atoms with E-state index in [2.05, 4.69) is 5.92 Å². The lowest BCUT2D eigenvalue weighted by Gasteiger charge is -2.10. The molecule has 0 aliphatic rings. The Morgan fingerprint density at radius 1 is 1.53 bits per heavy atom. The Hall–Kier alpha value is -1.04. The minimum Gasteiger partial charge on any atom is -0.388 e. The molecule has 1 unspecified atom stereocenters. The van der Waals surface area contributed by atoms with Gasteiger partial charge < -0.3 is 5.11 Å². The summed E-state index contributed by atoms with van der Waals surface area (Å²) in [4.78, 5) is 0. The van der Waals surface area contributed by atoms with Crippen molar-refractivity contribution in [1.82, 2.24) is 0 Å². The van der Waals surface area contributed by atoms with Crippen molar-refractivity contribution < 1.29 is 9.50 Å². The Bertz CT molecular complexity index is 370. The summed E-state index contributed by atoms with van der Waals surface area (Å²) >= 11 is 5.60. The largest absolute Gasteiger partial charge is 0.388 e. The zero-order chi connectivity index (χ0) is 11.3. The zero-order valence-electron chi connectivity index (χ0n) is 8.21. The molecule has 1 rings (SSSR count). The average molecular weight is 227 g/mol. The van der Waals surface area contributed by atoms with Crippen LogP contribution in [-0.4, -0.2) is 5.11 Å². The molecule has 0 radical (unpaired) electrons. The van der Waals surface area contributed by atoms with Crippen LogP contribution in [0.4, 0.5) is 4.39 Å². The van der Waals surface area contributed by atoms with E-state index in [4.69, 9.17) is 18.0 Å². The second-order valence-corrected chi connectivity index (χ2v) is 3.69. The summed E-state index contributed by atoms with van der Waals surface area (Å²) in [5, 5.41) is 9.74. The summed E-state index contributed by atoms with van der Waals surface area (Å²) in [5.41, 5.74) is 0.624. The molecule has 80 valence electrons. The van der Waals surface area contributed by atoms with E-state index in [-0.39, 0.29) is 5.02 Å². The summed E-state index contributed by atoms with van der Waals surface area (Å²) in [7, 11) is 0. The molecule has 1 nitrogen and oxygen atoms in total. The highest BCUT2D eigenvalue weighted by atomic mass is 35.5. The molecule has 3 heteroatoms. The van der Waals surface area contributed by atoms with Crippen molar-refractivity contribution in [2.24, 2.45) is 0 Å². The van der Waals surface area contributed by atoms with E-state index in [1.807, 2.05) is 0 Å². The van der Waals surface area contributed by atoms with Gasteiger partial charge >= 0.3 is 0 Å². The molecule has 0 aromatic heterocycles. The minimum absolute atomic E-state index is 0.0310. The molecule has 0 aliphatic carbocycles. The normalized spacial score (nSPS) is 12.1. The van der Waals surface area contributed by atoms with E-state index in [1.54, 1.807) is 0 Å². The number of benzene rings is 1. The van der Waals surface area contributed by atoms with Crippen LogP contribution in [-0.2, 0) is 0 Å². The van der Waals surface area contributed by atoms with Crippen LogP contribution in [0, 0.1) is 18.2 Å². The fourth-order valence-electron chi connectivity index (χ4n) is 1.28. The maximum Gasteiger partial charge on any atom is 0.141 e. The van der Waals surface area contributed by atoms with E-state index in [0.717, 1.165) is 6.42 Å². The summed E-state index contributed by atoms with van der Waals surface area (Å²) in [6.45, 7) is 0. The molecule has 0 fully saturated rings. The molecule has 1 atom stereocenters. The van der Waals surface area contributed by atoms with Crippen LogP contribution in [0.15, 0.2) is 18.2 Å². The van der Waals surface area contributed by atoms with E-state index < -0.39 is 11.9 Å². The van der Waals surface area contributed by atoms with Gasteiger partial charge in [-0.3, -0.25) is 0 Å². The first-order valence-electron chi connectivity index (χ1n) is 4.71. The lowest BCUT2D eigenvalue weighted by molar-refractivity contribution is 0.165. The molecule has 0 saturated heterocycles. The molecule has 1 aromatic carbocycles. The Morgan fingerprint density at radius 2 is 2.27 bits per heavy atom. The topological polar surface area (TPSA) is 20.2 Å². The van der Waals surface area contributed by atoms with Crippen molar-refractivity contribution in [3.8, 4) is 12.3 Å². The monoisotopic (exact) mass is 226 g/mol. The standard InChI is InChI=1S/C12H12ClFO/c1-2-3-4-5-12(15)9-6-7-11(14)10(13)8-9/h1,6-8,12,15H,3-5H2. The van der Waals surface area contributed by atoms with Gasteiger partial charge in [0.25, 0.3) is 0 Å². The third kappa shape index (κ3) is 3.54. The highest BCUT2D eigenvalue weighted by molar-refractivity contribution is 6.30. The van der Waals surface area contributed by atoms with Crippen LogP contribution >= 0.6 is 11.6 Å². The molecular formula is C12H12ClFO. The summed E-state index contributed by atoms with van der Waals surface area (Å²) in [5.74, 6) is 2.02. The smallest absolute Gasteiger partial charge is 0.141 e. The molecule has 0 spiro atoms. The van der Waals surface area contributed by atoms with Crippen LogP contribution in [0.1, 0.15) is 30.9 Å². The predicted molar refractivity (Wildman–Crippen MR) is 59.1 cm³/mol. The molecular weight excluding hydrogens is 215 g/mol. The summed E-state index contributed by atoms with van der Waals surface area (Å²) in [6.07, 6.45) is 6.40. The zero-order valence-corrected chi connectivity index (χ0v) is 8.97. The molecule has 0 saturated carbocycles. The second kappa shape index (κ2) is 5.75. The molecule has 0 heterocycles. The van der Waals surface area contributed by atoms with Gasteiger partial charge in [0, 0.05) is 6.42 Å². The average Bonchev–Trinajstić information content (AvgIpc) is 2.22. The SMILES string of the molecule is C#CCCCC(O)c1ccc(F)c(Cl)c1. The number of unbranched alkanes of at least 4 members (excludes halogenated alkanes) is 1. The van der Waals surface area contributed by atoms with Gasteiger partial charge in [-0.1, -0.05) is 17.7 Å². The summed E-state index contributed by atoms with van der Waals surface area (Å²) in [6, 6.07) is 4.22. The second-order valence-electron chi connectivity index (χ2n) is 3.29. The molecule has 0 bridgehead atoms. The van der Waals surface area contributed by atoms with Gasteiger partial charge in [-0.25, -0.2) is 4.39 Å². The number of hydrogen-bond donors (Lipinski definition) is 1. The number of aliphatic hydroxyl groups excluding tert-OH is 1. The van der Waals surface area contributed by atoms with E-state index in [1.165, 1.54) is 18.2 Å². The first-order chi connectivity index (χ1) is 7.15. The van der Waals surface area contributed by atoms with Gasteiger partial charge in [0.1, 0.15) is 5.82 Å². The maximum atomic E-state index is 12.8. The lowest BCUT2D eigenvalue weighted by Crippen LogP contribution is -1.97. The van der Waals surface area contributed by atoms with Gasteiger partial charge in [0.2, 0.25) is 0 Å². The van der Waals surface area contributed by atoms with Crippen molar-refractivity contribution in [2.75, 3.05) is 0 Å². The molecule has 15 heavy (non-hydrogen) atoms. The van der Waals surface area contributed by atoms with Crippen molar-refractivity contribution in [2.45, 2.75) is 25.4 Å². The number of halogens is 2. The van der Waals surface area contributed by atoms with Gasteiger partial charge in [-0.15, -0.1) is 12.3 Å². The van der Waals surface area contributed by atoms with Crippen molar-refractivity contribution >= 4 is 11.6 Å². The van der Waals surface area contributed by atoms with Crippen molar-refractivity contribution in [1.29, 1.82) is 0 Å². The fourth-order valence-corrected chi connectivity index (χ4v) is 1.47. The Kier molecular flexibility index (Phi) is 4.61. The van der Waals surface area contributed by atoms with Crippen LogP contribution in [0.5, 0.6) is 0 Å². The highest BCUT2D eigenvalue weighted by Crippen LogP contribution is 2.23. The van der Waals surface area contributed by atoms with Crippen LogP contribution in [0.2, 0.25) is 5.02 Å². The maximum absolute atomic E-state index is 12.8. The quantitative estimate of drug-likeness (QED) is 0.617. The molecule has 1 N–H and O–H groups in total. The number of hydrogen-bond acceptors (Lipinski definition) is 1. The highest BCUT2D eigenvalue weighted by Gasteiger charge is 2.09. The third-order valence-electron chi connectivity index (χ3n) is 2.13. The van der Waals surface area contributed by atoms with Gasteiger partial charge in [-0.2, -0.15) is 0 Å². The number of aliphatic hydroxyl groups is 1. The predicted octanol–water partition coefficient (Wildman–Crippen LogP) is 3.32. The van der Waals surface area contributed by atoms with Gasteiger partial charge in [0.15, 0.2) is 0 Å². The van der Waals surface area contributed by atoms with Gasteiger partial charge in [-0.05, 0) is 30.5 Å².